The highest BCUT2D eigenvalue weighted by atomic mass is 35.5. The maximum absolute atomic E-state index is 12.7. The summed E-state index contributed by atoms with van der Waals surface area (Å²) in [4.78, 5) is 26.2. The van der Waals surface area contributed by atoms with E-state index in [4.69, 9.17) is 21.6 Å². The van der Waals surface area contributed by atoms with Crippen LogP contribution in [0, 0.1) is 17.2 Å². The van der Waals surface area contributed by atoms with E-state index in [9.17, 15) is 9.59 Å². The molecule has 3 rings (SSSR count). The Morgan fingerprint density at radius 1 is 1.32 bits per heavy atom. The van der Waals surface area contributed by atoms with Crippen molar-refractivity contribution >= 4 is 29.0 Å². The number of nitrogens with zero attached hydrogens (tertiary/aromatic N) is 2. The molecular weight excluding hydrogens is 414 g/mol. The van der Waals surface area contributed by atoms with Gasteiger partial charge in [-0.15, -0.1) is 0 Å². The summed E-state index contributed by atoms with van der Waals surface area (Å²) in [5.74, 6) is 0.439. The van der Waals surface area contributed by atoms with Crippen LogP contribution in [0.4, 0.5) is 5.69 Å². The maximum atomic E-state index is 12.7. The first-order valence-electron chi connectivity index (χ1n) is 10.0. The molecule has 2 aromatic rings. The van der Waals surface area contributed by atoms with E-state index in [0.717, 1.165) is 11.1 Å². The van der Waals surface area contributed by atoms with Gasteiger partial charge in [-0.05, 0) is 42.7 Å². The summed E-state index contributed by atoms with van der Waals surface area (Å²) in [5, 5.41) is 12.8. The quantitative estimate of drug-likeness (QED) is 0.653. The van der Waals surface area contributed by atoms with Crippen molar-refractivity contribution in [2.24, 2.45) is 5.92 Å². The van der Waals surface area contributed by atoms with Crippen LogP contribution in [0.3, 0.4) is 0 Å². The molecule has 0 radical (unpaired) electrons. The Bertz CT molecular complexity index is 1040. The van der Waals surface area contributed by atoms with Gasteiger partial charge in [0.1, 0.15) is 5.75 Å². The Balaban J connectivity index is 1.72. The van der Waals surface area contributed by atoms with Gasteiger partial charge in [0.05, 0.1) is 36.0 Å². The number of methoxy groups -OCH3 is 1. The average molecular weight is 438 g/mol. The number of amides is 1. The fourth-order valence-electron chi connectivity index (χ4n) is 3.72. The molecule has 2 aromatic carbocycles. The number of piperidine rings is 1. The van der Waals surface area contributed by atoms with Gasteiger partial charge in [0.25, 0.3) is 0 Å². The molecule has 1 N–H and O–H groups in total. The molecular formula is C24H24ClN3O3. The zero-order chi connectivity index (χ0) is 22.4. The van der Waals surface area contributed by atoms with Gasteiger partial charge in [-0.2, -0.15) is 5.26 Å². The summed E-state index contributed by atoms with van der Waals surface area (Å²) in [6, 6.07) is 12.8. The van der Waals surface area contributed by atoms with Crippen molar-refractivity contribution in [3.05, 3.63) is 59.6 Å². The Morgan fingerprint density at radius 2 is 2.06 bits per heavy atom. The van der Waals surface area contributed by atoms with E-state index in [1.165, 1.54) is 6.08 Å². The number of ketones is 1. The standard InChI is InChI=1S/C24H24ClN3O3/c1-3-24(30)28-9-7-17(8-10-28)22(29)15-27-21-12-19(20(25)13-23(21)31-2)18-6-4-5-16(11-18)14-26/h3-6,11-13,17,27H,1,7-10,15H2,2H3. The first kappa shape index (κ1) is 22.4. The third kappa shape index (κ3) is 5.25. The van der Waals surface area contributed by atoms with Crippen LogP contribution in [0.2, 0.25) is 5.02 Å². The lowest BCUT2D eigenvalue weighted by atomic mass is 9.92. The zero-order valence-corrected chi connectivity index (χ0v) is 18.1. The van der Waals surface area contributed by atoms with Gasteiger partial charge in [-0.1, -0.05) is 30.3 Å². The van der Waals surface area contributed by atoms with Crippen LogP contribution in [-0.4, -0.2) is 43.3 Å². The number of carbonyl (C=O) groups is 2. The molecule has 0 unspecified atom stereocenters. The van der Waals surface area contributed by atoms with Crippen LogP contribution in [0.5, 0.6) is 5.75 Å². The highest BCUT2D eigenvalue weighted by molar-refractivity contribution is 6.33. The molecule has 0 saturated carbocycles. The Hall–Kier alpha value is -3.30. The summed E-state index contributed by atoms with van der Waals surface area (Å²) in [5.41, 5.74) is 2.73. The highest BCUT2D eigenvalue weighted by Crippen LogP contribution is 2.37. The first-order chi connectivity index (χ1) is 15.0. The van der Waals surface area contributed by atoms with Gasteiger partial charge in [0.2, 0.25) is 5.91 Å². The number of carbonyl (C=O) groups excluding carboxylic acids is 2. The maximum Gasteiger partial charge on any atom is 0.245 e. The fourth-order valence-corrected chi connectivity index (χ4v) is 3.98. The van der Waals surface area contributed by atoms with Gasteiger partial charge >= 0.3 is 0 Å². The molecule has 0 spiro atoms. The number of Topliss-reactive ketones (excluding diaryl/α,β-unsaturated/α-hetero) is 1. The van der Waals surface area contributed by atoms with Gasteiger partial charge < -0.3 is 15.0 Å². The minimum Gasteiger partial charge on any atom is -0.495 e. The van der Waals surface area contributed by atoms with E-state index in [2.05, 4.69) is 18.0 Å². The number of nitrogens with one attached hydrogen (secondary N) is 1. The molecule has 7 heteroatoms. The average Bonchev–Trinajstić information content (AvgIpc) is 2.82. The number of anilines is 1. The second-order valence-electron chi connectivity index (χ2n) is 7.35. The minimum absolute atomic E-state index is 0.0913. The van der Waals surface area contributed by atoms with Crippen LogP contribution < -0.4 is 10.1 Å². The Morgan fingerprint density at radius 3 is 2.71 bits per heavy atom. The largest absolute Gasteiger partial charge is 0.495 e. The van der Waals surface area contributed by atoms with Crippen LogP contribution in [0.25, 0.3) is 11.1 Å². The van der Waals surface area contributed by atoms with E-state index in [0.29, 0.717) is 48.0 Å². The van der Waals surface area contributed by atoms with Gasteiger partial charge in [0.15, 0.2) is 5.78 Å². The summed E-state index contributed by atoms with van der Waals surface area (Å²) >= 11 is 6.45. The molecule has 6 nitrogen and oxygen atoms in total. The van der Waals surface area contributed by atoms with E-state index in [-0.39, 0.29) is 24.2 Å². The molecule has 1 saturated heterocycles. The van der Waals surface area contributed by atoms with Crippen molar-refractivity contribution in [2.45, 2.75) is 12.8 Å². The Labute approximate surface area is 187 Å². The van der Waals surface area contributed by atoms with Crippen molar-refractivity contribution < 1.29 is 14.3 Å². The SMILES string of the molecule is C=CC(=O)N1CCC(C(=O)CNc2cc(-c3cccc(C#N)c3)c(Cl)cc2OC)CC1. The number of halogens is 1. The lowest BCUT2D eigenvalue weighted by molar-refractivity contribution is -0.130. The third-order valence-corrected chi connectivity index (χ3v) is 5.79. The molecule has 0 aliphatic carbocycles. The molecule has 1 aliphatic rings. The van der Waals surface area contributed by atoms with Gasteiger partial charge in [0, 0.05) is 30.6 Å². The minimum atomic E-state index is -0.0945. The molecule has 0 bridgehead atoms. The lowest BCUT2D eigenvalue weighted by Gasteiger charge is -2.30. The molecule has 0 aromatic heterocycles. The van der Waals surface area contributed by atoms with Crippen LogP contribution in [0.15, 0.2) is 49.1 Å². The van der Waals surface area contributed by atoms with E-state index >= 15 is 0 Å². The lowest BCUT2D eigenvalue weighted by Crippen LogP contribution is -2.40. The van der Waals surface area contributed by atoms with Gasteiger partial charge in [-0.3, -0.25) is 9.59 Å². The molecule has 0 atom stereocenters. The molecule has 160 valence electrons. The van der Waals surface area contributed by atoms with E-state index in [1.807, 2.05) is 12.1 Å². The van der Waals surface area contributed by atoms with Crippen molar-refractivity contribution in [3.8, 4) is 22.9 Å². The fraction of sp³-hybridized carbons (Fsp3) is 0.292. The van der Waals surface area contributed by atoms with Crippen molar-refractivity contribution in [3.63, 3.8) is 0 Å². The predicted octanol–water partition coefficient (Wildman–Crippen LogP) is 4.29. The molecule has 1 heterocycles. The number of benzene rings is 2. The topological polar surface area (TPSA) is 82.4 Å². The number of hydrogen-bond donors (Lipinski definition) is 1. The monoisotopic (exact) mass is 437 g/mol. The van der Waals surface area contributed by atoms with Crippen LogP contribution in [-0.2, 0) is 9.59 Å². The molecule has 1 fully saturated rings. The van der Waals surface area contributed by atoms with Crippen LogP contribution >= 0.6 is 11.6 Å². The number of rotatable bonds is 7. The highest BCUT2D eigenvalue weighted by Gasteiger charge is 2.26. The summed E-state index contributed by atoms with van der Waals surface area (Å²) in [7, 11) is 1.54. The third-order valence-electron chi connectivity index (χ3n) is 5.48. The smallest absolute Gasteiger partial charge is 0.245 e. The number of nitriles is 1. The normalized spacial score (nSPS) is 13.9. The second kappa shape index (κ2) is 10.1. The van der Waals surface area contributed by atoms with Crippen molar-refractivity contribution in [1.29, 1.82) is 5.26 Å². The van der Waals surface area contributed by atoms with E-state index in [1.54, 1.807) is 36.3 Å². The van der Waals surface area contributed by atoms with Crippen molar-refractivity contribution in [2.75, 3.05) is 32.1 Å². The molecule has 1 amide bonds. The van der Waals surface area contributed by atoms with E-state index < -0.39 is 0 Å². The summed E-state index contributed by atoms with van der Waals surface area (Å²) in [6.45, 7) is 4.78. The Kier molecular flexibility index (Phi) is 7.32. The number of likely N-dealkylation sites (tertiary alicyclic amines) is 1. The molecule has 31 heavy (non-hydrogen) atoms. The second-order valence-corrected chi connectivity index (χ2v) is 7.76. The molecule has 1 aliphatic heterocycles. The number of hydrogen-bond acceptors (Lipinski definition) is 5. The first-order valence-corrected chi connectivity index (χ1v) is 10.4. The summed E-state index contributed by atoms with van der Waals surface area (Å²) < 4.78 is 5.43. The van der Waals surface area contributed by atoms with Crippen molar-refractivity contribution in [1.82, 2.24) is 4.90 Å². The number of ether oxygens (including phenoxy) is 1. The van der Waals surface area contributed by atoms with Gasteiger partial charge in [-0.25, -0.2) is 0 Å². The van der Waals surface area contributed by atoms with Crippen LogP contribution in [0.1, 0.15) is 18.4 Å². The summed E-state index contributed by atoms with van der Waals surface area (Å²) in [6.07, 6.45) is 2.59. The predicted molar refractivity (Wildman–Crippen MR) is 121 cm³/mol. The zero-order valence-electron chi connectivity index (χ0n) is 17.4.